The quantitative estimate of drug-likeness (QED) is 0.648. The summed E-state index contributed by atoms with van der Waals surface area (Å²) in [7, 11) is 2.00. The molecule has 0 amide bonds. The van der Waals surface area contributed by atoms with E-state index in [1.807, 2.05) is 18.9 Å². The minimum Gasteiger partial charge on any atom is -0.363 e. The summed E-state index contributed by atoms with van der Waals surface area (Å²) in [5, 5.41) is 7.24. The number of aryl methyl sites for hydroxylation is 1. The molecule has 0 saturated heterocycles. The molecule has 0 unspecified atom stereocenters. The van der Waals surface area contributed by atoms with Crippen molar-refractivity contribution in [2.24, 2.45) is 0 Å². The number of rotatable bonds is 5. The molecule has 5 heteroatoms. The van der Waals surface area contributed by atoms with Crippen LogP contribution in [-0.2, 0) is 6.54 Å². The van der Waals surface area contributed by atoms with Crippen molar-refractivity contribution in [2.75, 3.05) is 13.6 Å². The molecule has 0 fully saturated rings. The number of nitrogens with one attached hydrogen (secondary N) is 1. The van der Waals surface area contributed by atoms with Crippen molar-refractivity contribution in [3.63, 3.8) is 0 Å². The Morgan fingerprint density at radius 2 is 2.38 bits per heavy atom. The predicted molar refractivity (Wildman–Crippen MR) is 73.8 cm³/mol. The molecule has 1 N–H and O–H groups in total. The van der Waals surface area contributed by atoms with Crippen LogP contribution in [0, 0.1) is 6.92 Å². The van der Waals surface area contributed by atoms with Gasteiger partial charge in [-0.2, -0.15) is 0 Å². The molecule has 3 nitrogen and oxygen atoms in total. The summed E-state index contributed by atoms with van der Waals surface area (Å²) in [5.74, 6) is 0. The first-order valence-corrected chi connectivity index (χ1v) is 6.82. The van der Waals surface area contributed by atoms with Crippen LogP contribution < -0.4 is 5.32 Å². The van der Waals surface area contributed by atoms with Gasteiger partial charge in [-0.1, -0.05) is 13.3 Å². The van der Waals surface area contributed by atoms with E-state index in [9.17, 15) is 0 Å². The van der Waals surface area contributed by atoms with E-state index in [1.165, 1.54) is 6.42 Å². The van der Waals surface area contributed by atoms with Crippen molar-refractivity contribution in [1.82, 2.24) is 15.2 Å². The Morgan fingerprint density at radius 1 is 1.62 bits per heavy atom. The molecule has 0 aliphatic carbocycles. The van der Waals surface area contributed by atoms with Crippen LogP contribution in [0.5, 0.6) is 0 Å². The molecule has 0 aliphatic heterocycles. The number of hydrogen-bond donors (Lipinski definition) is 1. The summed E-state index contributed by atoms with van der Waals surface area (Å²) in [6, 6.07) is 0. The fourth-order valence-electron chi connectivity index (χ4n) is 1.30. The normalized spacial score (nSPS) is 10.2. The molecule has 0 bridgehead atoms. The molecule has 0 saturated carbocycles. The molecule has 1 aromatic rings. The van der Waals surface area contributed by atoms with Crippen molar-refractivity contribution in [2.45, 2.75) is 33.2 Å². The highest BCUT2D eigenvalue weighted by atomic mass is 32.1. The standard InChI is InChI=1S/C11H19N3S2/c1-4-5-6-12-11(15)14(3)7-10-8-16-9(2)13-10/h8H,4-7H2,1-3H3,(H,12,15). The summed E-state index contributed by atoms with van der Waals surface area (Å²) in [4.78, 5) is 6.45. The molecule has 1 rings (SSSR count). The Morgan fingerprint density at radius 3 is 2.94 bits per heavy atom. The van der Waals surface area contributed by atoms with E-state index in [2.05, 4.69) is 22.6 Å². The second-order valence-corrected chi connectivity index (χ2v) is 5.25. The third-order valence-corrected chi connectivity index (χ3v) is 3.50. The zero-order valence-corrected chi connectivity index (χ0v) is 11.7. The Balaban J connectivity index is 2.34. The van der Waals surface area contributed by atoms with Gasteiger partial charge < -0.3 is 10.2 Å². The Labute approximate surface area is 107 Å². The lowest BCUT2D eigenvalue weighted by molar-refractivity contribution is 0.481. The van der Waals surface area contributed by atoms with Gasteiger partial charge in [0.1, 0.15) is 0 Å². The van der Waals surface area contributed by atoms with Gasteiger partial charge in [-0.05, 0) is 25.6 Å². The molecule has 0 aromatic carbocycles. The van der Waals surface area contributed by atoms with Gasteiger partial charge in [-0.3, -0.25) is 0 Å². The van der Waals surface area contributed by atoms with Gasteiger partial charge in [0.05, 0.1) is 17.2 Å². The first kappa shape index (κ1) is 13.4. The fourth-order valence-corrected chi connectivity index (χ4v) is 2.07. The van der Waals surface area contributed by atoms with E-state index in [0.717, 1.165) is 35.3 Å². The van der Waals surface area contributed by atoms with E-state index in [-0.39, 0.29) is 0 Å². The second-order valence-electron chi connectivity index (χ2n) is 3.80. The summed E-state index contributed by atoms with van der Waals surface area (Å²) in [5.41, 5.74) is 1.09. The van der Waals surface area contributed by atoms with Crippen molar-refractivity contribution in [3.05, 3.63) is 16.1 Å². The van der Waals surface area contributed by atoms with Crippen molar-refractivity contribution >= 4 is 28.7 Å². The molecule has 16 heavy (non-hydrogen) atoms. The topological polar surface area (TPSA) is 28.2 Å². The third-order valence-electron chi connectivity index (χ3n) is 2.22. The minimum atomic E-state index is 0.780. The number of hydrogen-bond acceptors (Lipinski definition) is 3. The first-order chi connectivity index (χ1) is 7.63. The summed E-state index contributed by atoms with van der Waals surface area (Å²) < 4.78 is 0. The Bertz CT molecular complexity index is 336. The van der Waals surface area contributed by atoms with Crippen molar-refractivity contribution in [3.8, 4) is 0 Å². The highest BCUT2D eigenvalue weighted by molar-refractivity contribution is 7.80. The zero-order valence-electron chi connectivity index (χ0n) is 10.1. The molecule has 0 aliphatic rings. The number of thiocarbonyl (C=S) groups is 1. The smallest absolute Gasteiger partial charge is 0.169 e. The molecule has 0 radical (unpaired) electrons. The molecule has 1 heterocycles. The lowest BCUT2D eigenvalue weighted by Crippen LogP contribution is -2.37. The molecule has 1 aromatic heterocycles. The van der Waals surface area contributed by atoms with Crippen LogP contribution in [0.4, 0.5) is 0 Å². The average molecular weight is 257 g/mol. The van der Waals surface area contributed by atoms with E-state index in [0.29, 0.717) is 0 Å². The number of nitrogens with zero attached hydrogens (tertiary/aromatic N) is 2. The molecule has 90 valence electrons. The Kier molecular flexibility index (Phi) is 5.69. The summed E-state index contributed by atoms with van der Waals surface area (Å²) in [6.45, 7) is 5.93. The monoisotopic (exact) mass is 257 g/mol. The van der Waals surface area contributed by atoms with Crippen molar-refractivity contribution in [1.29, 1.82) is 0 Å². The van der Waals surface area contributed by atoms with E-state index < -0.39 is 0 Å². The molecule has 0 atom stereocenters. The average Bonchev–Trinajstić information content (AvgIpc) is 2.64. The minimum absolute atomic E-state index is 0.780. The lowest BCUT2D eigenvalue weighted by Gasteiger charge is -2.19. The van der Waals surface area contributed by atoms with Gasteiger partial charge in [0, 0.05) is 19.0 Å². The maximum Gasteiger partial charge on any atom is 0.169 e. The van der Waals surface area contributed by atoms with Crippen LogP contribution in [0.25, 0.3) is 0 Å². The summed E-state index contributed by atoms with van der Waals surface area (Å²) in [6.07, 6.45) is 2.34. The lowest BCUT2D eigenvalue weighted by atomic mass is 10.3. The van der Waals surface area contributed by atoms with Crippen LogP contribution in [0.2, 0.25) is 0 Å². The van der Waals surface area contributed by atoms with Gasteiger partial charge in [-0.15, -0.1) is 11.3 Å². The maximum absolute atomic E-state index is 5.29. The number of thiazole rings is 1. The molecular weight excluding hydrogens is 238 g/mol. The highest BCUT2D eigenvalue weighted by Crippen LogP contribution is 2.09. The van der Waals surface area contributed by atoms with Crippen LogP contribution in [0.3, 0.4) is 0 Å². The molecular formula is C11H19N3S2. The molecule has 0 spiro atoms. The van der Waals surface area contributed by atoms with Gasteiger partial charge in [0.15, 0.2) is 5.11 Å². The van der Waals surface area contributed by atoms with E-state index in [4.69, 9.17) is 12.2 Å². The van der Waals surface area contributed by atoms with Crippen molar-refractivity contribution < 1.29 is 0 Å². The first-order valence-electron chi connectivity index (χ1n) is 5.53. The maximum atomic E-state index is 5.29. The number of unbranched alkanes of at least 4 members (excludes halogenated alkanes) is 1. The van der Waals surface area contributed by atoms with Gasteiger partial charge in [-0.25, -0.2) is 4.98 Å². The zero-order chi connectivity index (χ0) is 12.0. The third kappa shape index (κ3) is 4.45. The fraction of sp³-hybridized carbons (Fsp3) is 0.636. The van der Waals surface area contributed by atoms with Crippen LogP contribution in [0.15, 0.2) is 5.38 Å². The van der Waals surface area contributed by atoms with Gasteiger partial charge >= 0.3 is 0 Å². The Hall–Kier alpha value is -0.680. The summed E-state index contributed by atoms with van der Waals surface area (Å²) >= 11 is 6.96. The van der Waals surface area contributed by atoms with Crippen LogP contribution in [-0.4, -0.2) is 28.6 Å². The SMILES string of the molecule is CCCCNC(=S)N(C)Cc1csc(C)n1. The van der Waals surface area contributed by atoms with Crippen LogP contribution >= 0.6 is 23.6 Å². The van der Waals surface area contributed by atoms with E-state index >= 15 is 0 Å². The highest BCUT2D eigenvalue weighted by Gasteiger charge is 2.06. The van der Waals surface area contributed by atoms with Crippen LogP contribution in [0.1, 0.15) is 30.5 Å². The number of aromatic nitrogens is 1. The second kappa shape index (κ2) is 6.81. The predicted octanol–water partition coefficient (Wildman–Crippen LogP) is 2.56. The van der Waals surface area contributed by atoms with Gasteiger partial charge in [0.2, 0.25) is 0 Å². The van der Waals surface area contributed by atoms with E-state index in [1.54, 1.807) is 11.3 Å². The van der Waals surface area contributed by atoms with Gasteiger partial charge in [0.25, 0.3) is 0 Å². The largest absolute Gasteiger partial charge is 0.363 e.